The summed E-state index contributed by atoms with van der Waals surface area (Å²) in [5, 5.41) is 4.36. The van der Waals surface area contributed by atoms with Gasteiger partial charge in [-0.25, -0.2) is 0 Å². The van der Waals surface area contributed by atoms with E-state index in [2.05, 4.69) is 22.0 Å². The van der Waals surface area contributed by atoms with Gasteiger partial charge >= 0.3 is 0 Å². The summed E-state index contributed by atoms with van der Waals surface area (Å²) < 4.78 is 1.83. The van der Waals surface area contributed by atoms with E-state index in [0.29, 0.717) is 17.1 Å². The van der Waals surface area contributed by atoms with Crippen molar-refractivity contribution < 1.29 is 0 Å². The van der Waals surface area contributed by atoms with E-state index >= 15 is 0 Å². The largest absolute Gasteiger partial charge is 0.396 e. The number of aryl methyl sites for hydroxylation is 1. The van der Waals surface area contributed by atoms with Crippen LogP contribution in [-0.4, -0.2) is 19.7 Å². The highest BCUT2D eigenvalue weighted by Gasteiger charge is 2.08. The third-order valence-corrected chi connectivity index (χ3v) is 2.05. The average molecular weight is 203 g/mol. The first kappa shape index (κ1) is 9.64. The molecule has 0 fully saturated rings. The lowest BCUT2D eigenvalue weighted by Crippen LogP contribution is -1.97. The highest BCUT2D eigenvalue weighted by atomic mass is 15.3. The lowest BCUT2D eigenvalue weighted by atomic mass is 10.3. The Morgan fingerprint density at radius 3 is 2.93 bits per heavy atom. The smallest absolute Gasteiger partial charge is 0.135 e. The fourth-order valence-electron chi connectivity index (χ4n) is 1.40. The third-order valence-electron chi connectivity index (χ3n) is 2.05. The van der Waals surface area contributed by atoms with Crippen LogP contribution in [0.4, 0.5) is 5.69 Å². The molecule has 5 heteroatoms. The Morgan fingerprint density at radius 1 is 1.40 bits per heavy atom. The van der Waals surface area contributed by atoms with Gasteiger partial charge in [-0.1, -0.05) is 6.92 Å². The molecule has 0 aliphatic rings. The zero-order valence-corrected chi connectivity index (χ0v) is 8.59. The topological polar surface area (TPSA) is 69.6 Å². The summed E-state index contributed by atoms with van der Waals surface area (Å²) in [6.07, 6.45) is 7.78. The molecule has 5 nitrogen and oxygen atoms in total. The van der Waals surface area contributed by atoms with E-state index < -0.39 is 0 Å². The number of nitrogens with zero attached hydrogens (tertiary/aromatic N) is 4. The normalized spacial score (nSPS) is 10.5. The summed E-state index contributed by atoms with van der Waals surface area (Å²) in [5.41, 5.74) is 7.91. The highest BCUT2D eigenvalue weighted by molar-refractivity contribution is 5.68. The Hall–Kier alpha value is -1.91. The molecule has 0 spiro atoms. The van der Waals surface area contributed by atoms with Crippen LogP contribution in [0, 0.1) is 0 Å². The monoisotopic (exact) mass is 203 g/mol. The predicted molar refractivity (Wildman–Crippen MR) is 58.0 cm³/mol. The Bertz CT molecular complexity index is 434. The predicted octanol–water partition coefficient (Wildman–Crippen LogP) is 1.33. The molecule has 0 aromatic carbocycles. The van der Waals surface area contributed by atoms with Crippen LogP contribution in [0.3, 0.4) is 0 Å². The molecular weight excluding hydrogens is 190 g/mol. The second-order valence-electron chi connectivity index (χ2n) is 3.29. The molecule has 2 rings (SSSR count). The first-order chi connectivity index (χ1) is 7.31. The first-order valence-electron chi connectivity index (χ1n) is 4.90. The third kappa shape index (κ3) is 1.96. The SMILES string of the molecule is CCCn1cc(N)c(-c2cnccn2)n1. The fourth-order valence-corrected chi connectivity index (χ4v) is 1.40. The summed E-state index contributed by atoms with van der Waals surface area (Å²) in [7, 11) is 0. The lowest BCUT2D eigenvalue weighted by Gasteiger charge is -1.96. The molecule has 2 aromatic heterocycles. The van der Waals surface area contributed by atoms with Gasteiger partial charge in [-0.15, -0.1) is 0 Å². The van der Waals surface area contributed by atoms with Crippen molar-refractivity contribution in [1.82, 2.24) is 19.7 Å². The lowest BCUT2D eigenvalue weighted by molar-refractivity contribution is 0.604. The molecule has 0 aliphatic carbocycles. The standard InChI is InChI=1S/C10H13N5/c1-2-5-15-7-8(11)10(14-15)9-6-12-3-4-13-9/h3-4,6-7H,2,5,11H2,1H3. The van der Waals surface area contributed by atoms with E-state index in [4.69, 9.17) is 5.73 Å². The summed E-state index contributed by atoms with van der Waals surface area (Å²) in [6.45, 7) is 2.96. The number of aromatic nitrogens is 4. The molecule has 15 heavy (non-hydrogen) atoms. The Kier molecular flexibility index (Phi) is 2.62. The number of hydrogen-bond donors (Lipinski definition) is 1. The van der Waals surface area contributed by atoms with Gasteiger partial charge in [0.15, 0.2) is 0 Å². The van der Waals surface area contributed by atoms with Gasteiger partial charge in [0.1, 0.15) is 11.4 Å². The molecule has 0 saturated heterocycles. The minimum Gasteiger partial charge on any atom is -0.396 e. The van der Waals surface area contributed by atoms with Crippen molar-refractivity contribution >= 4 is 5.69 Å². The van der Waals surface area contributed by atoms with Crippen molar-refractivity contribution in [2.45, 2.75) is 19.9 Å². The first-order valence-corrected chi connectivity index (χ1v) is 4.90. The molecule has 2 heterocycles. The van der Waals surface area contributed by atoms with E-state index in [0.717, 1.165) is 13.0 Å². The Balaban J connectivity index is 2.36. The Labute approximate surface area is 88.0 Å². The van der Waals surface area contributed by atoms with Crippen LogP contribution >= 0.6 is 0 Å². The maximum absolute atomic E-state index is 5.85. The molecule has 0 bridgehead atoms. The van der Waals surface area contributed by atoms with E-state index in [1.54, 1.807) is 18.6 Å². The van der Waals surface area contributed by atoms with Gasteiger partial charge in [0, 0.05) is 25.1 Å². The molecule has 0 unspecified atom stereocenters. The van der Waals surface area contributed by atoms with Crippen LogP contribution in [-0.2, 0) is 6.54 Å². The zero-order valence-electron chi connectivity index (χ0n) is 8.59. The van der Waals surface area contributed by atoms with E-state index in [1.807, 2.05) is 10.9 Å². The van der Waals surface area contributed by atoms with Gasteiger partial charge < -0.3 is 5.73 Å². The second-order valence-corrected chi connectivity index (χ2v) is 3.29. The van der Waals surface area contributed by atoms with Crippen molar-refractivity contribution in [3.63, 3.8) is 0 Å². The maximum atomic E-state index is 5.85. The molecule has 2 N–H and O–H groups in total. The number of rotatable bonds is 3. The molecule has 0 atom stereocenters. The number of anilines is 1. The van der Waals surface area contributed by atoms with Crippen molar-refractivity contribution in [2.75, 3.05) is 5.73 Å². The van der Waals surface area contributed by atoms with Gasteiger partial charge in [-0.2, -0.15) is 5.10 Å². The average Bonchev–Trinajstić information content (AvgIpc) is 2.61. The molecule has 0 saturated carbocycles. The summed E-state index contributed by atoms with van der Waals surface area (Å²) in [5.74, 6) is 0. The zero-order chi connectivity index (χ0) is 10.7. The van der Waals surface area contributed by atoms with Crippen LogP contribution in [0.25, 0.3) is 11.4 Å². The van der Waals surface area contributed by atoms with Crippen LogP contribution in [0.5, 0.6) is 0 Å². The van der Waals surface area contributed by atoms with Gasteiger partial charge in [0.2, 0.25) is 0 Å². The van der Waals surface area contributed by atoms with Crippen LogP contribution < -0.4 is 5.73 Å². The van der Waals surface area contributed by atoms with E-state index in [-0.39, 0.29) is 0 Å². The summed E-state index contributed by atoms with van der Waals surface area (Å²) in [4.78, 5) is 8.16. The van der Waals surface area contributed by atoms with Crippen molar-refractivity contribution in [1.29, 1.82) is 0 Å². The number of nitrogen functional groups attached to an aromatic ring is 1. The van der Waals surface area contributed by atoms with Crippen molar-refractivity contribution in [2.24, 2.45) is 0 Å². The van der Waals surface area contributed by atoms with Gasteiger partial charge in [-0.3, -0.25) is 14.6 Å². The van der Waals surface area contributed by atoms with Crippen molar-refractivity contribution in [3.05, 3.63) is 24.8 Å². The molecule has 0 amide bonds. The highest BCUT2D eigenvalue weighted by Crippen LogP contribution is 2.20. The van der Waals surface area contributed by atoms with Gasteiger partial charge in [0.05, 0.1) is 11.9 Å². The molecule has 0 aliphatic heterocycles. The maximum Gasteiger partial charge on any atom is 0.135 e. The molecular formula is C10H13N5. The Morgan fingerprint density at radius 2 is 2.27 bits per heavy atom. The minimum atomic E-state index is 0.643. The quantitative estimate of drug-likeness (QED) is 0.817. The van der Waals surface area contributed by atoms with Crippen molar-refractivity contribution in [3.8, 4) is 11.4 Å². The molecule has 0 radical (unpaired) electrons. The van der Waals surface area contributed by atoms with Crippen LogP contribution in [0.15, 0.2) is 24.8 Å². The van der Waals surface area contributed by atoms with E-state index in [1.165, 1.54) is 0 Å². The summed E-state index contributed by atoms with van der Waals surface area (Å²) >= 11 is 0. The fraction of sp³-hybridized carbons (Fsp3) is 0.300. The van der Waals surface area contributed by atoms with Crippen LogP contribution in [0.1, 0.15) is 13.3 Å². The van der Waals surface area contributed by atoms with Gasteiger partial charge in [0.25, 0.3) is 0 Å². The van der Waals surface area contributed by atoms with Gasteiger partial charge in [-0.05, 0) is 6.42 Å². The second kappa shape index (κ2) is 4.08. The van der Waals surface area contributed by atoms with E-state index in [9.17, 15) is 0 Å². The number of hydrogen-bond acceptors (Lipinski definition) is 4. The molecule has 78 valence electrons. The minimum absolute atomic E-state index is 0.643. The summed E-state index contributed by atoms with van der Waals surface area (Å²) in [6, 6.07) is 0. The number of nitrogens with two attached hydrogens (primary N) is 1. The molecule has 2 aromatic rings. The van der Waals surface area contributed by atoms with Crippen LogP contribution in [0.2, 0.25) is 0 Å².